The van der Waals surface area contributed by atoms with Crippen LogP contribution < -0.4 is 21.3 Å². The smallest absolute Gasteiger partial charge is 0.315 e. The second kappa shape index (κ2) is 15.5. The molecule has 0 spiro atoms. The molecule has 3 aliphatic rings. The molecule has 49 heavy (non-hydrogen) atoms. The maximum Gasteiger partial charge on any atom is 0.315 e. The van der Waals surface area contributed by atoms with Crippen LogP contribution in [0.15, 0.2) is 12.7 Å². The number of Topliss-reactive ketones (excluding diaryl/α,β-unsaturated/α-hetero) is 1. The van der Waals surface area contributed by atoms with Crippen LogP contribution in [-0.2, 0) is 29.2 Å². The second-order valence-corrected chi connectivity index (χ2v) is 18.8. The summed E-state index contributed by atoms with van der Waals surface area (Å²) < 4.78 is 26.9. The third kappa shape index (κ3) is 9.62. The van der Waals surface area contributed by atoms with E-state index < -0.39 is 74.6 Å². The molecule has 2 unspecified atom stereocenters. The Morgan fingerprint density at radius 3 is 2.18 bits per heavy atom. The number of ketones is 1. The third-order valence-corrected chi connectivity index (χ3v) is 12.4. The van der Waals surface area contributed by atoms with Crippen molar-refractivity contribution in [1.29, 1.82) is 0 Å². The number of fused-ring (bicyclic) bond motifs is 1. The molecule has 14 heteroatoms. The minimum atomic E-state index is -3.42. The molecule has 6 atom stereocenters. The van der Waals surface area contributed by atoms with E-state index in [9.17, 15) is 32.4 Å². The first kappa shape index (κ1) is 40.4. The Labute approximate surface area is 293 Å². The van der Waals surface area contributed by atoms with Gasteiger partial charge in [-0.3, -0.25) is 19.2 Å². The van der Waals surface area contributed by atoms with E-state index in [1.165, 1.54) is 15.3 Å². The molecule has 278 valence electrons. The van der Waals surface area contributed by atoms with Crippen molar-refractivity contribution >= 4 is 39.6 Å². The lowest BCUT2D eigenvalue weighted by Crippen LogP contribution is -2.63. The van der Waals surface area contributed by atoms with E-state index >= 15 is 0 Å². The number of hydrogen-bond acceptors (Lipinski definition) is 7. The molecular weight excluding hydrogens is 648 g/mol. The summed E-state index contributed by atoms with van der Waals surface area (Å²) in [6.45, 7) is 21.8. The number of amides is 5. The first-order valence-corrected chi connectivity index (χ1v) is 19.3. The van der Waals surface area contributed by atoms with Gasteiger partial charge in [0.2, 0.25) is 27.6 Å². The fourth-order valence-electron chi connectivity index (χ4n) is 7.09. The Kier molecular flexibility index (Phi) is 12.8. The fraction of sp³-hybridized carbons (Fsp3) is 0.800. The summed E-state index contributed by atoms with van der Waals surface area (Å²) >= 11 is 0. The molecule has 1 saturated carbocycles. The molecule has 2 saturated heterocycles. The number of carbonyl (C=O) groups is 5. The normalized spacial score (nSPS) is 24.8. The van der Waals surface area contributed by atoms with Crippen molar-refractivity contribution in [3.8, 4) is 0 Å². The Morgan fingerprint density at radius 2 is 1.63 bits per heavy atom. The van der Waals surface area contributed by atoms with E-state index in [0.29, 0.717) is 25.9 Å². The lowest BCUT2D eigenvalue weighted by Gasteiger charge is -2.39. The number of nitrogens with zero attached hydrogens (tertiary/aromatic N) is 2. The van der Waals surface area contributed by atoms with Crippen molar-refractivity contribution in [2.75, 3.05) is 31.9 Å². The zero-order chi connectivity index (χ0) is 37.1. The van der Waals surface area contributed by atoms with Crippen LogP contribution in [0.25, 0.3) is 0 Å². The molecule has 3 rings (SSSR count). The van der Waals surface area contributed by atoms with Crippen molar-refractivity contribution in [3.05, 3.63) is 12.7 Å². The number of piperidine rings is 1. The van der Waals surface area contributed by atoms with Crippen molar-refractivity contribution in [2.45, 2.75) is 119 Å². The topological polar surface area (TPSA) is 174 Å². The first-order chi connectivity index (χ1) is 22.6. The number of likely N-dealkylation sites (tertiary alicyclic amines) is 1. The highest BCUT2D eigenvalue weighted by Gasteiger charge is 2.70. The van der Waals surface area contributed by atoms with Gasteiger partial charge >= 0.3 is 6.03 Å². The number of nitrogens with one attached hydrogen (secondary N) is 4. The second-order valence-electron chi connectivity index (χ2n) is 16.7. The number of unbranched alkanes of at least 4 members (excludes halogenated alkanes) is 1. The summed E-state index contributed by atoms with van der Waals surface area (Å²) in [5.74, 6) is -2.49. The van der Waals surface area contributed by atoms with Crippen LogP contribution in [0.3, 0.4) is 0 Å². The monoisotopic (exact) mass is 708 g/mol. The average molecular weight is 709 g/mol. The highest BCUT2D eigenvalue weighted by atomic mass is 32.2. The Morgan fingerprint density at radius 1 is 0.980 bits per heavy atom. The quantitative estimate of drug-likeness (QED) is 0.159. The molecule has 2 aliphatic heterocycles. The molecule has 2 heterocycles. The molecule has 0 aromatic rings. The van der Waals surface area contributed by atoms with Gasteiger partial charge in [0, 0.05) is 32.2 Å². The molecule has 13 nitrogen and oxygen atoms in total. The van der Waals surface area contributed by atoms with Crippen LogP contribution in [0.2, 0.25) is 0 Å². The molecule has 1 aliphatic carbocycles. The summed E-state index contributed by atoms with van der Waals surface area (Å²) in [6.07, 6.45) is 4.47. The van der Waals surface area contributed by atoms with E-state index in [0.717, 1.165) is 12.8 Å². The van der Waals surface area contributed by atoms with Gasteiger partial charge in [0.15, 0.2) is 0 Å². The lowest BCUT2D eigenvalue weighted by atomic mass is 9.85. The van der Waals surface area contributed by atoms with Crippen molar-refractivity contribution < 1.29 is 32.4 Å². The summed E-state index contributed by atoms with van der Waals surface area (Å²) in [6, 6.07) is -4.11. The predicted octanol–water partition coefficient (Wildman–Crippen LogP) is 2.57. The number of sulfonamides is 1. The molecular formula is C35H60N6O7S. The molecule has 4 N–H and O–H groups in total. The highest BCUT2D eigenvalue weighted by Crippen LogP contribution is 2.65. The van der Waals surface area contributed by atoms with Gasteiger partial charge in [-0.15, -0.1) is 6.58 Å². The zero-order valence-electron chi connectivity index (χ0n) is 31.0. The SMILES string of the molecule is C=CCNC(=O)C(=O)C(CCCC)NC(=O)[C@@H]1C2[C@H](CN1C(=O)[C@@H](NC(=O)N[C@H](CN1CCCCS1(=O)=O)C(C)(C)C)C(C)(C)C)C2(C)C. The molecule has 5 amide bonds. The van der Waals surface area contributed by atoms with Crippen LogP contribution in [0.5, 0.6) is 0 Å². The van der Waals surface area contributed by atoms with E-state index in [1.54, 1.807) is 0 Å². The van der Waals surface area contributed by atoms with Gasteiger partial charge in [-0.05, 0) is 47.3 Å². The summed E-state index contributed by atoms with van der Waals surface area (Å²) in [5.41, 5.74) is -1.46. The summed E-state index contributed by atoms with van der Waals surface area (Å²) in [5, 5.41) is 11.1. The Bertz CT molecular complexity index is 1380. The number of urea groups is 1. The van der Waals surface area contributed by atoms with Crippen LogP contribution in [-0.4, -0.2) is 103 Å². The standard InChI is InChI=1S/C35H60N6O7S/c1-11-13-16-23(27(42)30(44)36-17-12-2)37-29(43)26-25-22(35(25,9)10)20-41(26)31(45)28(34(6,7)8)39-32(46)38-24(33(3,4)5)21-40-18-14-15-19-49(40,47)48/h12,22-26,28H,2,11,13-21H2,1,3-10H3,(H,36,44)(H,37,43)(H2,38,39,46)/t22-,23?,24+,25?,26-,28+/m0/s1. The van der Waals surface area contributed by atoms with Gasteiger partial charge in [0.05, 0.1) is 11.8 Å². The van der Waals surface area contributed by atoms with E-state index in [1.807, 2.05) is 48.5 Å². The van der Waals surface area contributed by atoms with Gasteiger partial charge in [0.1, 0.15) is 12.1 Å². The first-order valence-electron chi connectivity index (χ1n) is 17.7. The fourth-order valence-corrected chi connectivity index (χ4v) is 8.70. The van der Waals surface area contributed by atoms with Gasteiger partial charge in [-0.25, -0.2) is 13.2 Å². The highest BCUT2D eigenvalue weighted by molar-refractivity contribution is 7.89. The minimum Gasteiger partial charge on any atom is -0.346 e. The summed E-state index contributed by atoms with van der Waals surface area (Å²) in [7, 11) is -3.42. The number of hydrogen-bond donors (Lipinski definition) is 4. The lowest BCUT2D eigenvalue weighted by molar-refractivity contribution is -0.145. The van der Waals surface area contributed by atoms with Gasteiger partial charge in [-0.2, -0.15) is 4.31 Å². The maximum atomic E-state index is 14.4. The molecule has 3 fully saturated rings. The van der Waals surface area contributed by atoms with E-state index in [4.69, 9.17) is 0 Å². The molecule has 0 radical (unpaired) electrons. The minimum absolute atomic E-state index is 0.0547. The Hall–Kier alpha value is -3.00. The largest absolute Gasteiger partial charge is 0.346 e. The van der Waals surface area contributed by atoms with Gasteiger partial charge < -0.3 is 26.2 Å². The van der Waals surface area contributed by atoms with Crippen LogP contribution >= 0.6 is 0 Å². The van der Waals surface area contributed by atoms with E-state index in [-0.39, 0.29) is 42.5 Å². The maximum absolute atomic E-state index is 14.4. The van der Waals surface area contributed by atoms with Gasteiger partial charge in [0.25, 0.3) is 5.91 Å². The third-order valence-electron chi connectivity index (χ3n) is 10.4. The van der Waals surface area contributed by atoms with Gasteiger partial charge in [-0.1, -0.05) is 81.2 Å². The van der Waals surface area contributed by atoms with Crippen LogP contribution in [0, 0.1) is 28.1 Å². The van der Waals surface area contributed by atoms with Crippen molar-refractivity contribution in [1.82, 2.24) is 30.5 Å². The van der Waals surface area contributed by atoms with E-state index in [2.05, 4.69) is 41.7 Å². The Balaban J connectivity index is 1.83. The zero-order valence-corrected chi connectivity index (χ0v) is 31.8. The molecule has 0 aromatic heterocycles. The number of carbonyl (C=O) groups excluding carboxylic acids is 5. The predicted molar refractivity (Wildman–Crippen MR) is 189 cm³/mol. The molecule has 0 aromatic carbocycles. The average Bonchev–Trinajstić information content (AvgIpc) is 3.31. The number of rotatable bonds is 14. The van der Waals surface area contributed by atoms with Crippen molar-refractivity contribution in [3.63, 3.8) is 0 Å². The summed E-state index contributed by atoms with van der Waals surface area (Å²) in [4.78, 5) is 69.2. The van der Waals surface area contributed by atoms with Crippen LogP contribution in [0.4, 0.5) is 4.79 Å². The molecule has 0 bridgehead atoms. The van der Waals surface area contributed by atoms with Crippen molar-refractivity contribution in [2.24, 2.45) is 28.1 Å². The van der Waals surface area contributed by atoms with Crippen LogP contribution in [0.1, 0.15) is 94.4 Å².